The van der Waals surface area contributed by atoms with Crippen LogP contribution in [0, 0.1) is 0 Å². The Kier molecular flexibility index (Phi) is 4.32. The highest BCUT2D eigenvalue weighted by atomic mass is 35.5. The molecule has 22 heavy (non-hydrogen) atoms. The number of nitrogens with zero attached hydrogens (tertiary/aromatic N) is 2. The first-order valence-corrected chi connectivity index (χ1v) is 7.56. The molecule has 0 saturated heterocycles. The van der Waals surface area contributed by atoms with Crippen molar-refractivity contribution in [2.24, 2.45) is 0 Å². The van der Waals surface area contributed by atoms with Gasteiger partial charge in [-0.25, -0.2) is 4.98 Å². The second-order valence-electron chi connectivity index (χ2n) is 5.13. The van der Waals surface area contributed by atoms with Gasteiger partial charge >= 0.3 is 0 Å². The van der Waals surface area contributed by atoms with Gasteiger partial charge in [0.05, 0.1) is 12.8 Å². The summed E-state index contributed by atoms with van der Waals surface area (Å²) in [5.74, 6) is 0.881. The minimum absolute atomic E-state index is 0.0646. The smallest absolute Gasteiger partial charge is 0.152 e. The number of imidazole rings is 1. The number of hydrogen-bond donors (Lipinski definition) is 1. The van der Waals surface area contributed by atoms with E-state index >= 15 is 0 Å². The van der Waals surface area contributed by atoms with Crippen molar-refractivity contribution in [2.45, 2.75) is 19.5 Å². The third-order valence-electron chi connectivity index (χ3n) is 3.72. The minimum atomic E-state index is 0.0646. The normalized spacial score (nSPS) is 12.5. The van der Waals surface area contributed by atoms with Crippen LogP contribution < -0.4 is 10.1 Å². The highest BCUT2D eigenvalue weighted by molar-refractivity contribution is 6.30. The molecule has 4 nitrogen and oxygen atoms in total. The quantitative estimate of drug-likeness (QED) is 0.777. The minimum Gasteiger partial charge on any atom is -0.496 e. The summed E-state index contributed by atoms with van der Waals surface area (Å²) in [6, 6.07) is 13.9. The van der Waals surface area contributed by atoms with E-state index in [9.17, 15) is 0 Å². The van der Waals surface area contributed by atoms with Crippen LogP contribution in [-0.4, -0.2) is 16.5 Å². The second kappa shape index (κ2) is 6.38. The van der Waals surface area contributed by atoms with Crippen molar-refractivity contribution in [1.29, 1.82) is 0 Å². The monoisotopic (exact) mass is 315 g/mol. The van der Waals surface area contributed by atoms with Crippen LogP contribution in [0.3, 0.4) is 0 Å². The number of hydrogen-bond acceptors (Lipinski definition) is 3. The van der Waals surface area contributed by atoms with Gasteiger partial charge < -0.3 is 14.5 Å². The molecule has 0 bridgehead atoms. The van der Waals surface area contributed by atoms with Crippen LogP contribution in [0.25, 0.3) is 5.65 Å². The van der Waals surface area contributed by atoms with Crippen LogP contribution in [0.5, 0.6) is 5.75 Å². The van der Waals surface area contributed by atoms with Crippen LogP contribution in [-0.2, 0) is 6.54 Å². The number of fused-ring (bicyclic) bond motifs is 1. The summed E-state index contributed by atoms with van der Waals surface area (Å²) in [5.41, 5.74) is 2.93. The number of ether oxygens (including phenoxy) is 1. The number of nitrogens with one attached hydrogen (secondary N) is 1. The third kappa shape index (κ3) is 2.80. The van der Waals surface area contributed by atoms with Gasteiger partial charge in [0.25, 0.3) is 0 Å². The lowest BCUT2D eigenvalue weighted by Gasteiger charge is -2.15. The van der Waals surface area contributed by atoms with Crippen molar-refractivity contribution in [1.82, 2.24) is 14.7 Å². The molecule has 3 aromatic rings. The average molecular weight is 316 g/mol. The van der Waals surface area contributed by atoms with Crippen LogP contribution in [0.2, 0.25) is 5.15 Å². The van der Waals surface area contributed by atoms with E-state index < -0.39 is 0 Å². The largest absolute Gasteiger partial charge is 0.496 e. The summed E-state index contributed by atoms with van der Waals surface area (Å²) in [6.07, 6.45) is 1.98. The van der Waals surface area contributed by atoms with Crippen LogP contribution >= 0.6 is 11.6 Å². The summed E-state index contributed by atoms with van der Waals surface area (Å²) >= 11 is 6.31. The maximum absolute atomic E-state index is 6.31. The van der Waals surface area contributed by atoms with Gasteiger partial charge in [-0.3, -0.25) is 0 Å². The Morgan fingerprint density at radius 3 is 2.82 bits per heavy atom. The third-order valence-corrected chi connectivity index (χ3v) is 4.00. The standard InChI is InChI=1S/C17H18ClN3O/c1-12(19-11-13-7-3-4-8-14(13)22-2)16-17(18)20-15-9-5-6-10-21(15)16/h3-10,12,19H,11H2,1-2H3/t12-/m1/s1. The molecule has 0 saturated carbocycles. The van der Waals surface area contributed by atoms with Crippen LogP contribution in [0.1, 0.15) is 24.2 Å². The molecular weight excluding hydrogens is 298 g/mol. The molecule has 0 radical (unpaired) electrons. The van der Waals surface area contributed by atoms with E-state index in [4.69, 9.17) is 16.3 Å². The van der Waals surface area contributed by atoms with Crippen molar-refractivity contribution in [3.63, 3.8) is 0 Å². The first kappa shape index (κ1) is 14.9. The summed E-state index contributed by atoms with van der Waals surface area (Å²) in [7, 11) is 1.68. The van der Waals surface area contributed by atoms with E-state index in [0.29, 0.717) is 11.7 Å². The number of aromatic nitrogens is 2. The van der Waals surface area contributed by atoms with E-state index in [1.54, 1.807) is 7.11 Å². The lowest BCUT2D eigenvalue weighted by atomic mass is 10.1. The van der Waals surface area contributed by atoms with Crippen molar-refractivity contribution in [3.8, 4) is 5.75 Å². The number of para-hydroxylation sites is 1. The van der Waals surface area contributed by atoms with E-state index in [0.717, 1.165) is 22.7 Å². The zero-order valence-corrected chi connectivity index (χ0v) is 13.3. The molecule has 0 spiro atoms. The molecule has 1 atom stereocenters. The molecule has 0 amide bonds. The predicted octanol–water partition coefficient (Wildman–Crippen LogP) is 3.85. The fourth-order valence-corrected chi connectivity index (χ4v) is 2.92. The van der Waals surface area contributed by atoms with Gasteiger partial charge in [0.1, 0.15) is 11.4 Å². The molecule has 0 aliphatic carbocycles. The van der Waals surface area contributed by atoms with Gasteiger partial charge in [-0.1, -0.05) is 35.9 Å². The Bertz CT molecular complexity index is 784. The van der Waals surface area contributed by atoms with Gasteiger partial charge in [-0.2, -0.15) is 0 Å². The number of rotatable bonds is 5. The zero-order valence-electron chi connectivity index (χ0n) is 12.6. The Balaban J connectivity index is 1.82. The number of pyridine rings is 1. The molecule has 3 rings (SSSR count). The van der Waals surface area contributed by atoms with Crippen molar-refractivity contribution < 1.29 is 4.74 Å². The Hall–Kier alpha value is -2.04. The van der Waals surface area contributed by atoms with Gasteiger partial charge in [-0.05, 0) is 25.1 Å². The predicted molar refractivity (Wildman–Crippen MR) is 88.5 cm³/mol. The first-order chi connectivity index (χ1) is 10.7. The molecule has 2 heterocycles. The maximum atomic E-state index is 6.31. The van der Waals surface area contributed by atoms with Crippen LogP contribution in [0.15, 0.2) is 48.7 Å². The summed E-state index contributed by atoms with van der Waals surface area (Å²) in [4.78, 5) is 4.39. The lowest BCUT2D eigenvalue weighted by molar-refractivity contribution is 0.406. The fraction of sp³-hybridized carbons (Fsp3) is 0.235. The van der Waals surface area contributed by atoms with Crippen LogP contribution in [0.4, 0.5) is 0 Å². The second-order valence-corrected chi connectivity index (χ2v) is 5.49. The molecule has 1 aromatic carbocycles. The first-order valence-electron chi connectivity index (χ1n) is 7.18. The highest BCUT2D eigenvalue weighted by Crippen LogP contribution is 2.25. The summed E-state index contributed by atoms with van der Waals surface area (Å²) < 4.78 is 7.39. The van der Waals surface area contributed by atoms with Crippen molar-refractivity contribution >= 4 is 17.2 Å². The van der Waals surface area contributed by atoms with E-state index in [2.05, 4.69) is 23.3 Å². The van der Waals surface area contributed by atoms with Crippen molar-refractivity contribution in [2.75, 3.05) is 7.11 Å². The topological polar surface area (TPSA) is 38.6 Å². The maximum Gasteiger partial charge on any atom is 0.152 e. The lowest BCUT2D eigenvalue weighted by Crippen LogP contribution is -2.20. The van der Waals surface area contributed by atoms with E-state index in [1.165, 1.54) is 0 Å². The molecule has 0 unspecified atom stereocenters. The Morgan fingerprint density at radius 1 is 1.23 bits per heavy atom. The molecule has 0 aliphatic heterocycles. The fourth-order valence-electron chi connectivity index (χ4n) is 2.58. The Labute approximate surface area is 134 Å². The highest BCUT2D eigenvalue weighted by Gasteiger charge is 2.16. The molecule has 5 heteroatoms. The molecular formula is C17H18ClN3O. The zero-order chi connectivity index (χ0) is 15.5. The SMILES string of the molecule is COc1ccccc1CN[C@H](C)c1c(Cl)nc2ccccn12. The van der Waals surface area contributed by atoms with Gasteiger partial charge in [0.15, 0.2) is 5.15 Å². The molecule has 114 valence electrons. The Morgan fingerprint density at radius 2 is 2.00 bits per heavy atom. The van der Waals surface area contributed by atoms with Gasteiger partial charge in [0, 0.05) is 24.3 Å². The van der Waals surface area contributed by atoms with Crippen molar-refractivity contribution in [3.05, 3.63) is 65.1 Å². The van der Waals surface area contributed by atoms with E-state index in [1.807, 2.05) is 47.0 Å². The molecule has 2 aromatic heterocycles. The average Bonchev–Trinajstić information content (AvgIpc) is 2.88. The van der Waals surface area contributed by atoms with Gasteiger partial charge in [-0.15, -0.1) is 0 Å². The van der Waals surface area contributed by atoms with Gasteiger partial charge in [0.2, 0.25) is 0 Å². The molecule has 0 aliphatic rings. The number of methoxy groups -OCH3 is 1. The van der Waals surface area contributed by atoms with E-state index in [-0.39, 0.29) is 6.04 Å². The molecule has 0 fully saturated rings. The summed E-state index contributed by atoms with van der Waals surface area (Å²) in [6.45, 7) is 2.78. The molecule has 1 N–H and O–H groups in total. The number of benzene rings is 1. The number of halogens is 1. The summed E-state index contributed by atoms with van der Waals surface area (Å²) in [5, 5.41) is 4.02.